The summed E-state index contributed by atoms with van der Waals surface area (Å²) in [5.41, 5.74) is 0. The van der Waals surface area contributed by atoms with E-state index >= 15 is 0 Å². The summed E-state index contributed by atoms with van der Waals surface area (Å²) in [5, 5.41) is 11.8. The predicted octanol–water partition coefficient (Wildman–Crippen LogP) is -0.269. The Morgan fingerprint density at radius 1 is 1.71 bits per heavy atom. The maximum atomic E-state index is 9.31. The molecule has 0 aliphatic carbocycles. The Balaban J connectivity index is 2.99. The second-order valence-electron chi connectivity index (χ2n) is 1.31. The minimum Gasteiger partial charge on any atom is -0.393 e. The van der Waals surface area contributed by atoms with Crippen LogP contribution < -0.4 is 5.32 Å². The van der Waals surface area contributed by atoms with Gasteiger partial charge in [0.15, 0.2) is 0 Å². The Hall–Kier alpha value is -0.0800. The molecule has 0 radical (unpaired) electrons. The summed E-state index contributed by atoms with van der Waals surface area (Å²) >= 11 is 0. The second kappa shape index (κ2) is 2.28. The maximum Gasteiger partial charge on any atom is 0.0601 e. The summed E-state index contributed by atoms with van der Waals surface area (Å²) < 4.78 is 36.0. The monoisotopic (exact) mass is 106 g/mol. The van der Waals surface area contributed by atoms with Crippen LogP contribution in [0.15, 0.2) is 0 Å². The van der Waals surface area contributed by atoms with Gasteiger partial charge in [0.1, 0.15) is 0 Å². The van der Waals surface area contributed by atoms with Crippen molar-refractivity contribution in [3.63, 3.8) is 0 Å². The van der Waals surface area contributed by atoms with Gasteiger partial charge in [0.05, 0.1) is 7.45 Å². The zero-order valence-electron chi connectivity index (χ0n) is 8.86. The highest BCUT2D eigenvalue weighted by atomic mass is 16.3. The van der Waals surface area contributed by atoms with Gasteiger partial charge >= 0.3 is 0 Å². The molecular formula is C5H11NO. The summed E-state index contributed by atoms with van der Waals surface area (Å²) in [6, 6.07) is 0. The van der Waals surface area contributed by atoms with E-state index in [1.165, 1.54) is 0 Å². The first-order chi connectivity index (χ1) is 5.21. The maximum absolute atomic E-state index is 9.31. The molecule has 1 fully saturated rings. The van der Waals surface area contributed by atoms with Crippen molar-refractivity contribution in [2.24, 2.45) is 0 Å². The van der Waals surface area contributed by atoms with Crippen molar-refractivity contribution in [2.75, 3.05) is 13.1 Å². The zero-order chi connectivity index (χ0) is 9.62. The number of nitrogens with one attached hydrogen (secondary N) is 1. The Bertz CT molecular complexity index is 174. The Morgan fingerprint density at radius 3 is 2.71 bits per heavy atom. The highest BCUT2D eigenvalue weighted by Gasteiger charge is 2.06. The highest BCUT2D eigenvalue weighted by Crippen LogP contribution is 1.99. The smallest absolute Gasteiger partial charge is 0.0601 e. The molecule has 0 bridgehead atoms. The fourth-order valence-electron chi connectivity index (χ4n) is 0.417. The van der Waals surface area contributed by atoms with Crippen LogP contribution in [0.3, 0.4) is 0 Å². The largest absolute Gasteiger partial charge is 0.393 e. The third-order valence-corrected chi connectivity index (χ3v) is 0.762. The fourth-order valence-corrected chi connectivity index (χ4v) is 0.417. The topological polar surface area (TPSA) is 32.3 Å². The molecular weight excluding hydrogens is 90.1 g/mol. The molecule has 0 aromatic heterocycles. The number of hydrogen-bond donors (Lipinski definition) is 2. The molecule has 0 saturated carbocycles. The van der Waals surface area contributed by atoms with E-state index in [4.69, 9.17) is 6.85 Å². The van der Waals surface area contributed by atoms with Gasteiger partial charge in [-0.2, -0.15) is 0 Å². The van der Waals surface area contributed by atoms with Crippen LogP contribution in [0, 0.1) is 0 Å². The van der Waals surface area contributed by atoms with Gasteiger partial charge in [-0.15, -0.1) is 0 Å². The first kappa shape index (κ1) is 1.71. The van der Waals surface area contributed by atoms with Crippen LogP contribution in [0.1, 0.15) is 19.6 Å². The normalized spacial score (nSPS) is 54.7. The molecule has 0 aromatic rings. The van der Waals surface area contributed by atoms with Crippen LogP contribution in [0.2, 0.25) is 0 Å². The molecule has 0 spiro atoms. The molecule has 1 aliphatic rings. The lowest BCUT2D eigenvalue weighted by Gasteiger charge is -2.16. The summed E-state index contributed by atoms with van der Waals surface area (Å²) in [5.74, 6) is 0. The minimum atomic E-state index is -2.68. The Labute approximate surface area is 50.6 Å². The van der Waals surface area contributed by atoms with Crippen molar-refractivity contribution in [3.8, 4) is 0 Å². The lowest BCUT2D eigenvalue weighted by molar-refractivity contribution is 0.137. The predicted molar refractivity (Wildman–Crippen MR) is 28.1 cm³/mol. The Morgan fingerprint density at radius 2 is 2.29 bits per heavy atom. The van der Waals surface area contributed by atoms with E-state index in [1.54, 1.807) is 0 Å². The molecule has 0 aromatic carbocycles. The van der Waals surface area contributed by atoms with Gasteiger partial charge in [-0.25, -0.2) is 0 Å². The van der Waals surface area contributed by atoms with Gasteiger partial charge in [0, 0.05) is 5.48 Å². The zero-order valence-corrected chi connectivity index (χ0v) is 3.86. The van der Waals surface area contributed by atoms with Crippen molar-refractivity contribution >= 4 is 0 Å². The van der Waals surface area contributed by atoms with E-state index in [2.05, 4.69) is 5.32 Å². The number of hydrogen-bond acceptors (Lipinski definition) is 2. The van der Waals surface area contributed by atoms with E-state index < -0.39 is 18.8 Å². The summed E-state index contributed by atoms with van der Waals surface area (Å²) in [6.45, 7) is -0.404. The molecule has 0 unspecified atom stereocenters. The molecule has 2 nitrogen and oxygen atoms in total. The standard InChI is InChI=1S/C5H11NO/c7-5-1-3-6-4-2-5/h5-7H,1-4H2/i1D2,2D2,5D. The SMILES string of the molecule is [2H]C1([2H])CNCC([2H])([2H])C1([2H])O. The van der Waals surface area contributed by atoms with E-state index in [0.29, 0.717) is 0 Å². The first-order valence-corrected chi connectivity index (χ1v) is 2.14. The summed E-state index contributed by atoms with van der Waals surface area (Å²) in [6.07, 6.45) is -7.19. The second-order valence-corrected chi connectivity index (χ2v) is 1.31. The average molecular weight is 106 g/mol. The average Bonchev–Trinajstić information content (AvgIpc) is 1.83. The van der Waals surface area contributed by atoms with Crippen LogP contribution in [0.5, 0.6) is 0 Å². The van der Waals surface area contributed by atoms with E-state index in [-0.39, 0.29) is 13.1 Å². The molecule has 1 heterocycles. The number of piperidine rings is 1. The summed E-state index contributed by atoms with van der Waals surface area (Å²) in [7, 11) is 0. The lowest BCUT2D eigenvalue weighted by Crippen LogP contribution is -2.30. The van der Waals surface area contributed by atoms with Gasteiger partial charge in [0.25, 0.3) is 0 Å². The van der Waals surface area contributed by atoms with E-state index in [0.717, 1.165) is 0 Å². The van der Waals surface area contributed by atoms with E-state index in [1.807, 2.05) is 0 Å². The van der Waals surface area contributed by atoms with Crippen LogP contribution in [-0.2, 0) is 0 Å². The molecule has 1 rings (SSSR count). The molecule has 42 valence electrons. The van der Waals surface area contributed by atoms with E-state index in [9.17, 15) is 5.11 Å². The molecule has 0 atom stereocenters. The highest BCUT2D eigenvalue weighted by molar-refractivity contribution is 4.65. The van der Waals surface area contributed by atoms with Crippen molar-refractivity contribution < 1.29 is 12.0 Å². The number of rotatable bonds is 0. The Kier molecular flexibility index (Phi) is 0.557. The van der Waals surface area contributed by atoms with Gasteiger partial charge < -0.3 is 10.4 Å². The van der Waals surface area contributed by atoms with Crippen LogP contribution >= 0.6 is 0 Å². The van der Waals surface area contributed by atoms with Crippen LogP contribution in [-0.4, -0.2) is 24.3 Å². The third-order valence-electron chi connectivity index (χ3n) is 0.762. The van der Waals surface area contributed by atoms with Gasteiger partial charge in [-0.3, -0.25) is 0 Å². The quantitative estimate of drug-likeness (QED) is 0.445. The van der Waals surface area contributed by atoms with Crippen molar-refractivity contribution in [1.29, 1.82) is 0 Å². The first-order valence-electron chi connectivity index (χ1n) is 4.64. The molecule has 1 saturated heterocycles. The fraction of sp³-hybridized carbons (Fsp3) is 1.00. The van der Waals surface area contributed by atoms with Crippen molar-refractivity contribution in [1.82, 2.24) is 5.32 Å². The van der Waals surface area contributed by atoms with Crippen molar-refractivity contribution in [2.45, 2.75) is 18.8 Å². The van der Waals surface area contributed by atoms with Gasteiger partial charge in [-0.1, -0.05) is 0 Å². The molecule has 2 N–H and O–H groups in total. The molecule has 0 amide bonds. The van der Waals surface area contributed by atoms with Gasteiger partial charge in [0.2, 0.25) is 0 Å². The molecule has 2 heteroatoms. The third kappa shape index (κ3) is 1.45. The summed E-state index contributed by atoms with van der Waals surface area (Å²) in [4.78, 5) is 0. The van der Waals surface area contributed by atoms with Crippen molar-refractivity contribution in [3.05, 3.63) is 0 Å². The molecule has 7 heavy (non-hydrogen) atoms. The van der Waals surface area contributed by atoms with Gasteiger partial charge in [-0.05, 0) is 25.8 Å². The number of aliphatic hydroxyl groups is 1. The minimum absolute atomic E-state index is 0.202. The lowest BCUT2D eigenvalue weighted by atomic mass is 10.1. The van der Waals surface area contributed by atoms with Crippen LogP contribution in [0.4, 0.5) is 0 Å². The molecule has 1 aliphatic heterocycles. The van der Waals surface area contributed by atoms with Crippen LogP contribution in [0.25, 0.3) is 0 Å².